The first-order chi connectivity index (χ1) is 43.1. The maximum Gasteiger partial charge on any atom is 0.306 e. The second-order valence-electron chi connectivity index (χ2n) is 27.7. The SMILES string of the molecule is C/C=C/C[C@@H](C)[C@@H](O)[C@@H]1C(=O)N[C@H](CC)C(=O)N(C)[C@H](CSCCC(=O)OC)C(=O)N(C)[C@@H](CC(C)C)C(=O)N[C@H](C(C)C)C(=O)N(C)[C@H](CC(C)C)C(=O)N[C@H](C)C(=O)N[C@@H](C)C(=O)N(C)[C@H](CC(C)C)C(=O)N(C)[C@H](CC(C)C)C(=O)N(C)[C@H](C(C)C)C(=O)N1C. The summed E-state index contributed by atoms with van der Waals surface area (Å²) in [5, 5.41) is 23.3. The zero-order valence-electron chi connectivity index (χ0n) is 60.8. The molecule has 0 aromatic heterocycles. The van der Waals surface area contributed by atoms with Crippen molar-refractivity contribution in [2.45, 2.75) is 235 Å². The molecular weight excluding hydrogens is 1210 g/mol. The zero-order chi connectivity index (χ0) is 72.0. The molecule has 0 aromatic rings. The van der Waals surface area contributed by atoms with Gasteiger partial charge in [0.1, 0.15) is 66.5 Å². The minimum atomic E-state index is -1.67. The van der Waals surface area contributed by atoms with Gasteiger partial charge in [0.05, 0.1) is 19.6 Å². The van der Waals surface area contributed by atoms with Crippen LogP contribution >= 0.6 is 11.8 Å². The van der Waals surface area contributed by atoms with E-state index in [0.717, 1.165) is 9.80 Å². The third-order valence-electron chi connectivity index (χ3n) is 17.3. The summed E-state index contributed by atoms with van der Waals surface area (Å²) >= 11 is 1.17. The molecular formula is C67H119N11O14S. The molecule has 0 unspecified atom stereocenters. The van der Waals surface area contributed by atoms with Gasteiger partial charge < -0.3 is 65.4 Å². The van der Waals surface area contributed by atoms with Crippen molar-refractivity contribution in [2.75, 3.05) is 67.9 Å². The molecule has 25 nitrogen and oxygen atoms in total. The van der Waals surface area contributed by atoms with Crippen LogP contribution in [-0.2, 0) is 62.3 Å². The number of nitrogens with zero attached hydrogens (tertiary/aromatic N) is 7. The van der Waals surface area contributed by atoms with Crippen molar-refractivity contribution in [3.63, 3.8) is 0 Å². The Balaban J connectivity index is 4.54. The highest BCUT2D eigenvalue weighted by Gasteiger charge is 2.46. The predicted molar refractivity (Wildman–Crippen MR) is 361 cm³/mol. The number of carbonyl (C=O) groups excluding carboxylic acids is 12. The van der Waals surface area contributed by atoms with E-state index in [4.69, 9.17) is 4.74 Å². The standard InChI is InChI=1S/C67H119N11O14S/c1-26-28-29-43(15)56(80)55-60(84)70-46(27-2)62(86)76(22)51(36-93-31-30-52(79)92-25)65(89)72(18)48(33-38(5)6)59(83)71-53(41(11)12)66(90)73(19)47(32-37(3)4)58(82)68-44(16)57(81)69-45(17)61(85)74(20)49(34-39(7)8)63(87)75(21)50(35-40(9)10)64(88)77(23)54(42(13)14)67(91)78(55)24/h26,28,37-51,53-56,80H,27,29-36H2,1-25H3,(H,68,82)(H,69,81)(H,70,84)(H,71,83)/b28-26+/t43-,44-,45+,46-,47-,48+,49-,50-,51-,53-,54-,55-,56-/m1/s1. The quantitative estimate of drug-likeness (QED) is 0.0655. The van der Waals surface area contributed by atoms with Crippen LogP contribution in [0.4, 0.5) is 0 Å². The third kappa shape index (κ3) is 24.4. The second kappa shape index (κ2) is 39.5. The van der Waals surface area contributed by atoms with Crippen molar-refractivity contribution < 1.29 is 67.4 Å². The first-order valence-electron chi connectivity index (χ1n) is 33.1. The second-order valence-corrected chi connectivity index (χ2v) is 28.9. The summed E-state index contributed by atoms with van der Waals surface area (Å²) in [4.78, 5) is 184. The van der Waals surface area contributed by atoms with Gasteiger partial charge in [0.25, 0.3) is 0 Å². The van der Waals surface area contributed by atoms with Crippen molar-refractivity contribution in [3.8, 4) is 0 Å². The van der Waals surface area contributed by atoms with Gasteiger partial charge in [0.2, 0.25) is 65.0 Å². The van der Waals surface area contributed by atoms with E-state index in [1.165, 1.54) is 107 Å². The van der Waals surface area contributed by atoms with Gasteiger partial charge in [-0.3, -0.25) is 57.5 Å². The van der Waals surface area contributed by atoms with E-state index in [-0.39, 0.29) is 80.1 Å². The van der Waals surface area contributed by atoms with Gasteiger partial charge in [0, 0.05) is 60.8 Å². The van der Waals surface area contributed by atoms with Gasteiger partial charge in [-0.25, -0.2) is 0 Å². The van der Waals surface area contributed by atoms with Gasteiger partial charge >= 0.3 is 5.97 Å². The fourth-order valence-corrected chi connectivity index (χ4v) is 12.5. The monoisotopic (exact) mass is 1330 g/mol. The van der Waals surface area contributed by atoms with Gasteiger partial charge in [-0.1, -0.05) is 109 Å². The summed E-state index contributed by atoms with van der Waals surface area (Å²) in [7, 11) is 11.1. The topological polar surface area (TPSA) is 305 Å². The summed E-state index contributed by atoms with van der Waals surface area (Å²) in [6.07, 6.45) is 2.70. The van der Waals surface area contributed by atoms with Gasteiger partial charge in [-0.15, -0.1) is 0 Å². The maximum absolute atomic E-state index is 15.3. The molecule has 0 aromatic carbocycles. The predicted octanol–water partition coefficient (Wildman–Crippen LogP) is 3.93. The molecule has 0 aliphatic carbocycles. The van der Waals surface area contributed by atoms with Gasteiger partial charge in [-0.05, 0) is 101 Å². The molecule has 0 bridgehead atoms. The van der Waals surface area contributed by atoms with Gasteiger partial charge in [-0.2, -0.15) is 11.8 Å². The van der Waals surface area contributed by atoms with Crippen LogP contribution in [0.15, 0.2) is 12.2 Å². The van der Waals surface area contributed by atoms with Crippen molar-refractivity contribution in [2.24, 2.45) is 41.4 Å². The lowest BCUT2D eigenvalue weighted by Crippen LogP contribution is -2.64. The zero-order valence-corrected chi connectivity index (χ0v) is 61.6. The Morgan fingerprint density at radius 3 is 1.35 bits per heavy atom. The number of thioether (sulfide) groups is 1. The van der Waals surface area contributed by atoms with Crippen LogP contribution in [0.2, 0.25) is 0 Å². The molecule has 1 aliphatic rings. The number of likely N-dealkylation sites (N-methyl/N-ethyl adjacent to an activating group) is 7. The number of aliphatic hydroxyl groups excluding tert-OH is 1. The van der Waals surface area contributed by atoms with Crippen molar-refractivity contribution in [3.05, 3.63) is 12.2 Å². The van der Waals surface area contributed by atoms with E-state index >= 15 is 28.8 Å². The number of carbonyl (C=O) groups is 12. The highest BCUT2D eigenvalue weighted by Crippen LogP contribution is 2.26. The number of aliphatic hydroxyl groups is 1. The molecule has 1 fully saturated rings. The lowest BCUT2D eigenvalue weighted by Gasteiger charge is -2.41. The number of hydrogen-bond acceptors (Lipinski definition) is 15. The van der Waals surface area contributed by atoms with E-state index in [2.05, 4.69) is 21.3 Å². The van der Waals surface area contributed by atoms with Crippen molar-refractivity contribution in [1.29, 1.82) is 0 Å². The Labute approximate surface area is 560 Å². The normalized spacial score (nSPS) is 26.3. The van der Waals surface area contributed by atoms with Crippen LogP contribution in [-0.4, -0.2) is 251 Å². The van der Waals surface area contributed by atoms with Crippen molar-refractivity contribution >= 4 is 82.7 Å². The molecule has 0 spiro atoms. The van der Waals surface area contributed by atoms with Crippen LogP contribution in [0.1, 0.15) is 163 Å². The first kappa shape index (κ1) is 84.7. The largest absolute Gasteiger partial charge is 0.469 e. The Hall–Kier alpha value is -6.31. The fraction of sp³-hybridized carbons (Fsp3) is 0.791. The lowest BCUT2D eigenvalue weighted by molar-refractivity contribution is -0.157. The molecule has 0 saturated carbocycles. The van der Waals surface area contributed by atoms with E-state index in [9.17, 15) is 33.9 Å². The molecule has 1 saturated heterocycles. The minimum absolute atomic E-state index is 0.0356. The van der Waals surface area contributed by atoms with Crippen LogP contribution in [0.5, 0.6) is 0 Å². The summed E-state index contributed by atoms with van der Waals surface area (Å²) in [5.74, 6) is -10.8. The average molecular weight is 1330 g/mol. The summed E-state index contributed by atoms with van der Waals surface area (Å²) < 4.78 is 4.85. The van der Waals surface area contributed by atoms with E-state index in [0.29, 0.717) is 0 Å². The Kier molecular flexibility index (Phi) is 36.0. The highest BCUT2D eigenvalue weighted by molar-refractivity contribution is 7.99. The molecule has 1 rings (SSSR count). The van der Waals surface area contributed by atoms with Gasteiger partial charge in [0.15, 0.2) is 0 Å². The Bertz CT molecular complexity index is 2570. The molecule has 93 heavy (non-hydrogen) atoms. The number of hydrogen-bond donors (Lipinski definition) is 5. The molecule has 1 aliphatic heterocycles. The number of nitrogens with one attached hydrogen (secondary N) is 4. The van der Waals surface area contributed by atoms with E-state index in [1.807, 2.05) is 55.4 Å². The van der Waals surface area contributed by atoms with Crippen LogP contribution in [0.25, 0.3) is 0 Å². The third-order valence-corrected chi connectivity index (χ3v) is 18.4. The number of amides is 11. The number of methoxy groups -OCH3 is 1. The highest BCUT2D eigenvalue weighted by atomic mass is 32.2. The van der Waals surface area contributed by atoms with Crippen LogP contribution in [0, 0.1) is 41.4 Å². The average Bonchev–Trinajstić information content (AvgIpc) is 0.848. The van der Waals surface area contributed by atoms with Crippen molar-refractivity contribution in [1.82, 2.24) is 55.6 Å². The molecule has 532 valence electrons. The molecule has 1 heterocycles. The fourth-order valence-electron chi connectivity index (χ4n) is 11.4. The van der Waals surface area contributed by atoms with Crippen LogP contribution in [0.3, 0.4) is 0 Å². The number of esters is 1. The van der Waals surface area contributed by atoms with E-state index in [1.54, 1.807) is 60.6 Å². The molecule has 26 heteroatoms. The lowest BCUT2D eigenvalue weighted by atomic mass is 9.91. The minimum Gasteiger partial charge on any atom is -0.469 e. The Morgan fingerprint density at radius 2 is 0.903 bits per heavy atom. The number of allylic oxidation sites excluding steroid dienone is 2. The molecule has 13 atom stereocenters. The molecule has 0 radical (unpaired) electrons. The summed E-state index contributed by atoms with van der Waals surface area (Å²) in [5.41, 5.74) is 0. The summed E-state index contributed by atoms with van der Waals surface area (Å²) in [6.45, 7) is 29.7. The number of ether oxygens (including phenoxy) is 1. The smallest absolute Gasteiger partial charge is 0.306 e. The molecule has 5 N–H and O–H groups in total. The number of rotatable bonds is 20. The van der Waals surface area contributed by atoms with E-state index < -0.39 is 161 Å². The summed E-state index contributed by atoms with van der Waals surface area (Å²) in [6, 6.07) is -14.2. The van der Waals surface area contributed by atoms with Crippen LogP contribution < -0.4 is 21.3 Å². The Morgan fingerprint density at radius 1 is 0.495 bits per heavy atom. The maximum atomic E-state index is 15.3. The molecule has 11 amide bonds. The first-order valence-corrected chi connectivity index (χ1v) is 34.2.